The maximum Gasteiger partial charge on any atom is 0.262 e. The summed E-state index contributed by atoms with van der Waals surface area (Å²) in [4.78, 5) is 13.0. The lowest BCUT2D eigenvalue weighted by Crippen LogP contribution is -2.33. The van der Waals surface area contributed by atoms with E-state index in [1.54, 1.807) is 54.6 Å². The van der Waals surface area contributed by atoms with Crippen LogP contribution in [-0.4, -0.2) is 77.5 Å². The number of hydrogen-bond donors (Lipinski definition) is 0. The van der Waals surface area contributed by atoms with E-state index in [1.165, 1.54) is 32.9 Å². The molecule has 0 aliphatic rings. The molecule has 4 aromatic rings. The van der Waals surface area contributed by atoms with Crippen LogP contribution in [0, 0.1) is 13.8 Å². The molecule has 0 radical (unpaired) electrons. The van der Waals surface area contributed by atoms with Gasteiger partial charge in [0.2, 0.25) is 5.62 Å². The molecular weight excluding hydrogens is 562 g/mol. The maximum absolute atomic E-state index is 14.0. The van der Waals surface area contributed by atoms with E-state index in [1.807, 2.05) is 19.9 Å². The van der Waals surface area contributed by atoms with Crippen molar-refractivity contribution >= 4 is 10.0 Å². The first kappa shape index (κ1) is 30.8. The summed E-state index contributed by atoms with van der Waals surface area (Å²) in [5.41, 5.74) is 2.78. The van der Waals surface area contributed by atoms with Crippen LogP contribution in [-0.2, 0) is 26.5 Å². The van der Waals surface area contributed by atoms with Gasteiger partial charge in [0.1, 0.15) is 28.5 Å². The van der Waals surface area contributed by atoms with E-state index in [4.69, 9.17) is 18.9 Å². The highest BCUT2D eigenvalue weighted by molar-refractivity contribution is 7.90. The topological polar surface area (TPSA) is 145 Å². The Labute approximate surface area is 244 Å². The van der Waals surface area contributed by atoms with Crippen LogP contribution in [0.5, 0.6) is 11.5 Å². The first-order valence-corrected chi connectivity index (χ1v) is 14.6. The highest BCUT2D eigenvalue weighted by Crippen LogP contribution is 2.34. The number of ether oxygens (including phenoxy) is 4. The average molecular weight is 598 g/mol. The minimum Gasteiger partial charge on any atom is -0.494 e. The molecule has 0 N–H and O–H groups in total. The van der Waals surface area contributed by atoms with Gasteiger partial charge in [-0.25, -0.2) is 23.1 Å². The van der Waals surface area contributed by atoms with Crippen LogP contribution in [0.3, 0.4) is 0 Å². The lowest BCUT2D eigenvalue weighted by atomic mass is 10.2. The van der Waals surface area contributed by atoms with Crippen molar-refractivity contribution in [3.63, 3.8) is 0 Å². The van der Waals surface area contributed by atoms with Gasteiger partial charge < -0.3 is 18.9 Å². The number of aryl methyl sites for hydroxylation is 3. The van der Waals surface area contributed by atoms with Crippen LogP contribution in [0.1, 0.15) is 30.0 Å². The van der Waals surface area contributed by atoms with E-state index in [2.05, 4.69) is 24.4 Å². The zero-order valence-electron chi connectivity index (χ0n) is 24.7. The quantitative estimate of drug-likeness (QED) is 0.224. The summed E-state index contributed by atoms with van der Waals surface area (Å²) in [6.45, 7) is 5.65. The van der Waals surface area contributed by atoms with Crippen molar-refractivity contribution < 1.29 is 27.4 Å². The van der Waals surface area contributed by atoms with E-state index in [0.29, 0.717) is 28.6 Å². The monoisotopic (exact) mass is 597 g/mol. The molecular formula is C28H35N7O6S. The van der Waals surface area contributed by atoms with Gasteiger partial charge in [0, 0.05) is 44.5 Å². The van der Waals surface area contributed by atoms with Crippen LogP contribution in [0.15, 0.2) is 53.5 Å². The van der Waals surface area contributed by atoms with Gasteiger partial charge in [-0.2, -0.15) is 5.10 Å². The summed E-state index contributed by atoms with van der Waals surface area (Å²) in [5.74, 6) is 1.45. The molecule has 4 rings (SSSR count). The van der Waals surface area contributed by atoms with Gasteiger partial charge in [0.15, 0.2) is 11.6 Å². The largest absolute Gasteiger partial charge is 0.494 e. The summed E-state index contributed by atoms with van der Waals surface area (Å²) in [6, 6.07) is 7.14. The fraction of sp³-hybridized carbons (Fsp3) is 0.393. The van der Waals surface area contributed by atoms with Crippen molar-refractivity contribution in [2.75, 3.05) is 34.5 Å². The Kier molecular flexibility index (Phi) is 9.70. The summed E-state index contributed by atoms with van der Waals surface area (Å²) in [6.07, 6.45) is 5.56. The molecule has 224 valence electrons. The fourth-order valence-corrected chi connectivity index (χ4v) is 5.38. The van der Waals surface area contributed by atoms with Gasteiger partial charge in [-0.05, 0) is 50.1 Å². The average Bonchev–Trinajstić information content (AvgIpc) is 3.29. The summed E-state index contributed by atoms with van der Waals surface area (Å²) >= 11 is 0. The number of pyridine rings is 1. The summed E-state index contributed by atoms with van der Waals surface area (Å²) in [5, 5.41) is 3.49. The van der Waals surface area contributed by atoms with Crippen molar-refractivity contribution in [1.82, 2.24) is 29.3 Å². The molecule has 2 unspecified atom stereocenters. The van der Waals surface area contributed by atoms with Gasteiger partial charge in [-0.15, -0.1) is 4.40 Å². The number of para-hydroxylation sites is 1. The number of methoxy groups -OCH3 is 3. The highest BCUT2D eigenvalue weighted by atomic mass is 32.2. The first-order chi connectivity index (χ1) is 20.1. The molecule has 0 saturated heterocycles. The van der Waals surface area contributed by atoms with Crippen molar-refractivity contribution in [2.45, 2.75) is 32.1 Å². The smallest absolute Gasteiger partial charge is 0.262 e. The summed E-state index contributed by atoms with van der Waals surface area (Å²) in [7, 11) is 1.90. The zero-order chi connectivity index (χ0) is 30.4. The van der Waals surface area contributed by atoms with Crippen molar-refractivity contribution in [3.05, 3.63) is 71.6 Å². The Morgan fingerprint density at radius 1 is 0.952 bits per heavy atom. The molecule has 0 spiro atoms. The SMILES string of the molecule is COCCOC(c1ncc(C)cn1)C(C)S(=O)(=O)N=c1n(C)nc(-c2cncc(C)c2)n1-c1c(OC)cccc1OC. The number of benzene rings is 1. The maximum atomic E-state index is 14.0. The first-order valence-electron chi connectivity index (χ1n) is 13.1. The van der Waals surface area contributed by atoms with Crippen LogP contribution in [0.4, 0.5) is 0 Å². The molecule has 3 aromatic heterocycles. The van der Waals surface area contributed by atoms with Gasteiger partial charge in [-0.1, -0.05) is 6.07 Å². The number of nitrogens with zero attached hydrogens (tertiary/aromatic N) is 7. The van der Waals surface area contributed by atoms with Crippen molar-refractivity contribution in [1.29, 1.82) is 0 Å². The molecule has 0 aliphatic heterocycles. The third-order valence-electron chi connectivity index (χ3n) is 6.45. The van der Waals surface area contributed by atoms with Crippen LogP contribution >= 0.6 is 0 Å². The van der Waals surface area contributed by atoms with Gasteiger partial charge >= 0.3 is 0 Å². The summed E-state index contributed by atoms with van der Waals surface area (Å²) < 4.78 is 57.6. The second-order valence-corrected chi connectivity index (χ2v) is 11.5. The number of hydrogen-bond acceptors (Lipinski definition) is 10. The Balaban J connectivity index is 1.96. The van der Waals surface area contributed by atoms with Crippen molar-refractivity contribution in [3.8, 4) is 28.6 Å². The molecule has 0 fully saturated rings. The molecule has 0 amide bonds. The Hall–Kier alpha value is -4.14. The minimum absolute atomic E-state index is 0.00150. The third kappa shape index (κ3) is 6.50. The number of aromatic nitrogens is 6. The van der Waals surface area contributed by atoms with E-state index in [0.717, 1.165) is 11.1 Å². The van der Waals surface area contributed by atoms with E-state index in [9.17, 15) is 8.42 Å². The molecule has 0 saturated carbocycles. The predicted molar refractivity (Wildman–Crippen MR) is 155 cm³/mol. The van der Waals surface area contributed by atoms with Gasteiger partial charge in [0.25, 0.3) is 10.0 Å². The van der Waals surface area contributed by atoms with Crippen LogP contribution < -0.4 is 15.1 Å². The van der Waals surface area contributed by atoms with E-state index >= 15 is 0 Å². The third-order valence-corrected chi connectivity index (χ3v) is 8.05. The molecule has 13 nitrogen and oxygen atoms in total. The normalized spacial score (nSPS) is 13.6. The van der Waals surface area contributed by atoms with Gasteiger partial charge in [0.05, 0.1) is 27.4 Å². The molecule has 1 aromatic carbocycles. The van der Waals surface area contributed by atoms with Crippen LogP contribution in [0.25, 0.3) is 17.1 Å². The minimum atomic E-state index is -4.28. The second kappa shape index (κ2) is 13.2. The lowest BCUT2D eigenvalue weighted by molar-refractivity contribution is 0.0118. The molecule has 3 heterocycles. The fourth-order valence-electron chi connectivity index (χ4n) is 4.27. The number of sulfonamides is 1. The van der Waals surface area contributed by atoms with Crippen LogP contribution in [0.2, 0.25) is 0 Å². The lowest BCUT2D eigenvalue weighted by Gasteiger charge is -2.21. The van der Waals surface area contributed by atoms with E-state index < -0.39 is 21.4 Å². The molecule has 0 bridgehead atoms. The Bertz CT molecular complexity index is 1680. The standard InChI is InChI=1S/C28H35N7O6S/c1-18-13-21(17-29-14-18)27-32-34(4)28(35(27)24-22(39-6)9-8-10-23(24)40-7)33-42(36,37)20(3)25(41-12-11-38-5)26-30-15-19(2)16-31-26/h8-10,13-17,20,25H,11-12H2,1-7H3. The number of rotatable bonds is 12. The Morgan fingerprint density at radius 3 is 2.21 bits per heavy atom. The van der Waals surface area contributed by atoms with E-state index in [-0.39, 0.29) is 24.7 Å². The highest BCUT2D eigenvalue weighted by Gasteiger charge is 2.34. The zero-order valence-corrected chi connectivity index (χ0v) is 25.5. The molecule has 42 heavy (non-hydrogen) atoms. The molecule has 2 atom stereocenters. The second-order valence-electron chi connectivity index (χ2n) is 9.56. The van der Waals surface area contributed by atoms with Gasteiger partial charge in [-0.3, -0.25) is 9.55 Å². The Morgan fingerprint density at radius 2 is 1.62 bits per heavy atom. The molecule has 0 aliphatic carbocycles. The predicted octanol–water partition coefficient (Wildman–Crippen LogP) is 2.72. The molecule has 14 heteroatoms. The van der Waals surface area contributed by atoms with Crippen molar-refractivity contribution in [2.24, 2.45) is 11.4 Å².